The number of sulfonamides is 1. The Morgan fingerprint density at radius 3 is 2.10 bits per heavy atom. The van der Waals surface area contributed by atoms with E-state index >= 15 is 0 Å². The van der Waals surface area contributed by atoms with Crippen molar-refractivity contribution < 1.29 is 17.8 Å². The molecule has 162 valence electrons. The molecule has 0 fully saturated rings. The van der Waals surface area contributed by atoms with Gasteiger partial charge in [-0.25, -0.2) is 13.6 Å². The van der Waals surface area contributed by atoms with Crippen molar-refractivity contribution in [2.45, 2.75) is 38.1 Å². The van der Waals surface area contributed by atoms with Crippen molar-refractivity contribution in [1.82, 2.24) is 0 Å². The third kappa shape index (κ3) is 5.58. The maximum absolute atomic E-state index is 12.8. The van der Waals surface area contributed by atoms with Crippen LogP contribution >= 0.6 is 15.9 Å². The van der Waals surface area contributed by atoms with Gasteiger partial charge in [0.2, 0.25) is 16.6 Å². The molecule has 0 saturated heterocycles. The lowest BCUT2D eigenvalue weighted by atomic mass is 10.0. The zero-order valence-electron chi connectivity index (χ0n) is 17.4. The molecule has 0 aliphatic rings. The highest BCUT2D eigenvalue weighted by Gasteiger charge is 2.21. The van der Waals surface area contributed by atoms with Crippen molar-refractivity contribution in [1.29, 1.82) is 0 Å². The largest absolute Gasteiger partial charge is 0.320 e. The number of anilines is 1. The van der Waals surface area contributed by atoms with Gasteiger partial charge in [-0.2, -0.15) is 4.57 Å². The van der Waals surface area contributed by atoms with Crippen LogP contribution in [0.2, 0.25) is 0 Å². The van der Waals surface area contributed by atoms with E-state index in [0.29, 0.717) is 10.2 Å². The van der Waals surface area contributed by atoms with Crippen molar-refractivity contribution in [3.63, 3.8) is 0 Å². The number of benzene rings is 2. The van der Waals surface area contributed by atoms with E-state index in [4.69, 9.17) is 5.14 Å². The highest BCUT2D eigenvalue weighted by atomic mass is 79.9. The second-order valence-electron chi connectivity index (χ2n) is 7.12. The average Bonchev–Trinajstić information content (AvgIpc) is 2.75. The van der Waals surface area contributed by atoms with E-state index in [0.717, 1.165) is 35.4 Å². The van der Waals surface area contributed by atoms with Crippen LogP contribution in [0.4, 0.5) is 5.69 Å². The van der Waals surface area contributed by atoms with Gasteiger partial charge in [0.05, 0.1) is 10.6 Å². The zero-order chi connectivity index (χ0) is 22.6. The number of pyridine rings is 1. The molecule has 3 N–H and O–H groups in total. The number of aromatic nitrogens is 1. The van der Waals surface area contributed by atoms with Gasteiger partial charge in [0, 0.05) is 29.4 Å². The first-order valence-electron chi connectivity index (χ1n) is 9.96. The van der Waals surface area contributed by atoms with E-state index in [1.165, 1.54) is 18.2 Å². The topological polar surface area (TPSA) is 93.1 Å². The third-order valence-electron chi connectivity index (χ3n) is 5.01. The summed E-state index contributed by atoms with van der Waals surface area (Å²) in [7, 11) is -3.81. The van der Waals surface area contributed by atoms with Gasteiger partial charge in [-0.3, -0.25) is 4.79 Å². The molecule has 0 saturated carbocycles. The van der Waals surface area contributed by atoms with Crippen LogP contribution in [0.5, 0.6) is 0 Å². The molecule has 3 rings (SSSR count). The quantitative estimate of drug-likeness (QED) is 0.481. The van der Waals surface area contributed by atoms with Crippen molar-refractivity contribution >= 4 is 37.5 Å². The van der Waals surface area contributed by atoms with E-state index in [1.807, 2.05) is 22.8 Å². The van der Waals surface area contributed by atoms with Crippen LogP contribution in [0, 0.1) is 0 Å². The Balaban J connectivity index is 1.87. The van der Waals surface area contributed by atoms with Gasteiger partial charge in [-0.15, -0.1) is 0 Å². The van der Waals surface area contributed by atoms with Crippen LogP contribution in [-0.2, 0) is 34.2 Å². The number of hydrogen-bond donors (Lipinski definition) is 2. The SMILES string of the molecule is CCc1cc(-c2ccccc2)cc(CC)[n+]1CC(=O)Nc1ccc(S(N)(=O)=O)cc1Br. The number of hydrogen-bond acceptors (Lipinski definition) is 3. The Morgan fingerprint density at radius 1 is 0.968 bits per heavy atom. The Labute approximate surface area is 191 Å². The van der Waals surface area contributed by atoms with Crippen LogP contribution < -0.4 is 15.0 Å². The third-order valence-corrected chi connectivity index (χ3v) is 6.58. The minimum Gasteiger partial charge on any atom is -0.320 e. The predicted molar refractivity (Wildman–Crippen MR) is 125 cm³/mol. The van der Waals surface area contributed by atoms with Crippen LogP contribution in [0.15, 0.2) is 70.0 Å². The Morgan fingerprint density at radius 2 is 1.58 bits per heavy atom. The summed E-state index contributed by atoms with van der Waals surface area (Å²) in [5.41, 5.74) is 4.89. The second-order valence-corrected chi connectivity index (χ2v) is 9.54. The average molecular weight is 503 g/mol. The van der Waals surface area contributed by atoms with E-state index in [-0.39, 0.29) is 17.3 Å². The molecular formula is C23H25BrN3O3S+. The molecule has 1 aromatic heterocycles. The fourth-order valence-electron chi connectivity index (χ4n) is 3.43. The molecular weight excluding hydrogens is 478 g/mol. The molecule has 0 atom stereocenters. The van der Waals surface area contributed by atoms with Gasteiger partial charge < -0.3 is 5.32 Å². The number of amides is 1. The summed E-state index contributed by atoms with van der Waals surface area (Å²) in [6, 6.07) is 18.7. The maximum Gasteiger partial charge on any atom is 0.290 e. The number of nitrogens with zero attached hydrogens (tertiary/aromatic N) is 1. The molecule has 1 heterocycles. The molecule has 1 amide bonds. The molecule has 3 aromatic rings. The standard InChI is InChI=1S/C23H24BrN3O3S/c1-3-18-12-17(16-8-6-5-7-9-16)13-19(4-2)27(18)15-23(28)26-22-11-10-20(14-21(22)24)31(25,29)30/h5-14H,3-4,15H2,1-2H3,(H2-,25,26,28,29,30)/p+1. The number of aryl methyl sites for hydroxylation is 2. The van der Waals surface area contributed by atoms with Gasteiger partial charge in [0.15, 0.2) is 11.4 Å². The summed E-state index contributed by atoms with van der Waals surface area (Å²) in [5.74, 6) is -0.203. The molecule has 6 nitrogen and oxygen atoms in total. The fraction of sp³-hybridized carbons (Fsp3) is 0.217. The van der Waals surface area contributed by atoms with Gasteiger partial charge in [0.25, 0.3) is 5.91 Å². The Bertz CT molecular complexity index is 1190. The Kier molecular flexibility index (Phi) is 7.25. The fourth-order valence-corrected chi connectivity index (χ4v) is 4.60. The van der Waals surface area contributed by atoms with Crippen LogP contribution in [0.3, 0.4) is 0 Å². The molecule has 0 bridgehead atoms. The van der Waals surface area contributed by atoms with Crippen LogP contribution in [0.1, 0.15) is 25.2 Å². The van der Waals surface area contributed by atoms with Crippen molar-refractivity contribution in [3.8, 4) is 11.1 Å². The lowest BCUT2D eigenvalue weighted by Crippen LogP contribution is -2.47. The molecule has 0 aliphatic carbocycles. The number of rotatable bonds is 7. The predicted octanol–water partition coefficient (Wildman–Crippen LogP) is 3.81. The molecule has 2 aromatic carbocycles. The number of primary sulfonamides is 1. The maximum atomic E-state index is 12.8. The molecule has 8 heteroatoms. The number of carbonyl (C=O) groups excluding carboxylic acids is 1. The first kappa shape index (κ1) is 23.1. The molecule has 0 unspecified atom stereocenters. The number of carbonyl (C=O) groups is 1. The van der Waals surface area contributed by atoms with Crippen molar-refractivity contribution in [2.75, 3.05) is 5.32 Å². The van der Waals surface area contributed by atoms with Gasteiger partial charge in [0.1, 0.15) is 0 Å². The minimum absolute atomic E-state index is 0.0233. The normalized spacial score (nSPS) is 11.4. The van der Waals surface area contributed by atoms with Gasteiger partial charge >= 0.3 is 0 Å². The minimum atomic E-state index is -3.81. The lowest BCUT2D eigenvalue weighted by Gasteiger charge is -2.12. The second kappa shape index (κ2) is 9.72. The molecule has 31 heavy (non-hydrogen) atoms. The van der Waals surface area contributed by atoms with Crippen LogP contribution in [0.25, 0.3) is 11.1 Å². The van der Waals surface area contributed by atoms with Gasteiger partial charge in [-0.05, 0) is 45.3 Å². The summed E-state index contributed by atoms with van der Waals surface area (Å²) < 4.78 is 25.5. The molecule has 0 radical (unpaired) electrons. The monoisotopic (exact) mass is 502 g/mol. The molecule has 0 spiro atoms. The van der Waals surface area contributed by atoms with E-state index in [2.05, 4.69) is 59.4 Å². The van der Waals surface area contributed by atoms with Gasteiger partial charge in [-0.1, -0.05) is 44.2 Å². The summed E-state index contributed by atoms with van der Waals surface area (Å²) in [6.07, 6.45) is 1.57. The van der Waals surface area contributed by atoms with E-state index in [1.54, 1.807) is 0 Å². The summed E-state index contributed by atoms with van der Waals surface area (Å²) in [4.78, 5) is 12.8. The first-order valence-corrected chi connectivity index (χ1v) is 12.3. The summed E-state index contributed by atoms with van der Waals surface area (Å²) >= 11 is 3.30. The summed E-state index contributed by atoms with van der Waals surface area (Å²) in [6.45, 7) is 4.30. The number of nitrogens with one attached hydrogen (secondary N) is 1. The number of nitrogens with two attached hydrogens (primary N) is 1. The van der Waals surface area contributed by atoms with Crippen LogP contribution in [-0.4, -0.2) is 14.3 Å². The summed E-state index contributed by atoms with van der Waals surface area (Å²) in [5, 5.41) is 8.00. The Hall–Kier alpha value is -2.55. The van der Waals surface area contributed by atoms with E-state index < -0.39 is 10.0 Å². The number of halogens is 1. The molecule has 0 aliphatic heterocycles. The smallest absolute Gasteiger partial charge is 0.290 e. The van der Waals surface area contributed by atoms with Crippen molar-refractivity contribution in [2.24, 2.45) is 5.14 Å². The van der Waals surface area contributed by atoms with E-state index in [9.17, 15) is 13.2 Å². The highest BCUT2D eigenvalue weighted by Crippen LogP contribution is 2.25. The zero-order valence-corrected chi connectivity index (χ0v) is 19.8. The highest BCUT2D eigenvalue weighted by molar-refractivity contribution is 9.10. The van der Waals surface area contributed by atoms with Crippen molar-refractivity contribution in [3.05, 3.63) is 76.5 Å². The first-order chi connectivity index (χ1) is 14.7. The lowest BCUT2D eigenvalue weighted by molar-refractivity contribution is -0.698.